The molecule has 1 atom stereocenters. The predicted octanol–water partition coefficient (Wildman–Crippen LogP) is 6.74. The Kier molecular flexibility index (Phi) is 4.98. The molecule has 0 fully saturated rings. The Bertz CT molecular complexity index is 747. The van der Waals surface area contributed by atoms with E-state index in [1.807, 2.05) is 0 Å². The van der Waals surface area contributed by atoms with Gasteiger partial charge in [0.15, 0.2) is 0 Å². The molecular weight excluding hydrogens is 390 g/mol. The third-order valence-electron chi connectivity index (χ3n) is 4.46. The third-order valence-corrected chi connectivity index (χ3v) is 9.79. The van der Waals surface area contributed by atoms with Crippen LogP contribution >= 0.6 is 17.0 Å². The molecule has 0 aliphatic heterocycles. The summed E-state index contributed by atoms with van der Waals surface area (Å²) in [6.07, 6.45) is 3.36. The van der Waals surface area contributed by atoms with Crippen molar-refractivity contribution in [3.05, 3.63) is 64.2 Å². The second kappa shape index (κ2) is 6.64. The minimum absolute atomic E-state index is 0.316. The van der Waals surface area contributed by atoms with Crippen LogP contribution in [-0.4, -0.2) is 0 Å². The molecule has 0 N–H and O–H groups in total. The average molecular weight is 409 g/mol. The van der Waals surface area contributed by atoms with Gasteiger partial charge in [0, 0.05) is 0 Å². The maximum absolute atomic E-state index is 6.46. The number of allylic oxidation sites excluding steroid dienone is 1. The van der Waals surface area contributed by atoms with Crippen LogP contribution in [0.1, 0.15) is 39.2 Å². The van der Waals surface area contributed by atoms with E-state index in [2.05, 4.69) is 63.2 Å². The molecule has 1 unspecified atom stereocenters. The summed E-state index contributed by atoms with van der Waals surface area (Å²) in [6, 6.07) is 13.2. The number of aryl methyl sites for hydroxylation is 2. The summed E-state index contributed by atoms with van der Waals surface area (Å²) in [5.41, 5.74) is 9.31. The van der Waals surface area contributed by atoms with E-state index in [0.29, 0.717) is 3.63 Å². The molecular formula is C19H19Cl2Zr. The molecule has 3 heteroatoms. The van der Waals surface area contributed by atoms with Crippen molar-refractivity contribution in [2.75, 3.05) is 0 Å². The van der Waals surface area contributed by atoms with Gasteiger partial charge in [0.1, 0.15) is 0 Å². The van der Waals surface area contributed by atoms with E-state index in [1.165, 1.54) is 39.0 Å². The van der Waals surface area contributed by atoms with Gasteiger partial charge in [-0.3, -0.25) is 0 Å². The summed E-state index contributed by atoms with van der Waals surface area (Å²) in [7, 11) is 12.9. The van der Waals surface area contributed by atoms with Crippen molar-refractivity contribution in [3.63, 3.8) is 0 Å². The van der Waals surface area contributed by atoms with Gasteiger partial charge in [-0.05, 0) is 0 Å². The topological polar surface area (TPSA) is 0 Å². The molecule has 0 nitrogen and oxygen atoms in total. The SMILES string of the molecule is CCC1=Cc2c(-c3cc(C)ccc3C)cccc2[CH]1[Zr]([Cl])[Cl]. The molecule has 0 spiro atoms. The molecule has 113 valence electrons. The van der Waals surface area contributed by atoms with Crippen LogP contribution in [0.3, 0.4) is 0 Å². The molecule has 3 rings (SSSR count). The molecule has 0 amide bonds. The summed E-state index contributed by atoms with van der Waals surface area (Å²) < 4.78 is 0.316. The van der Waals surface area contributed by atoms with Gasteiger partial charge in [0.2, 0.25) is 0 Å². The van der Waals surface area contributed by atoms with Gasteiger partial charge >= 0.3 is 149 Å². The van der Waals surface area contributed by atoms with Gasteiger partial charge in [-0.2, -0.15) is 0 Å². The van der Waals surface area contributed by atoms with Gasteiger partial charge in [-0.15, -0.1) is 0 Å². The van der Waals surface area contributed by atoms with E-state index in [1.54, 1.807) is 0 Å². The Morgan fingerprint density at radius 3 is 2.50 bits per heavy atom. The second-order valence-electron chi connectivity index (χ2n) is 5.92. The summed E-state index contributed by atoms with van der Waals surface area (Å²) >= 11 is -2.38. The van der Waals surface area contributed by atoms with Gasteiger partial charge in [0.05, 0.1) is 0 Å². The Morgan fingerprint density at radius 1 is 1.05 bits per heavy atom. The van der Waals surface area contributed by atoms with Crippen molar-refractivity contribution in [3.8, 4) is 11.1 Å². The van der Waals surface area contributed by atoms with Gasteiger partial charge in [0.25, 0.3) is 0 Å². The van der Waals surface area contributed by atoms with Gasteiger partial charge in [-0.1, -0.05) is 0 Å². The zero-order valence-electron chi connectivity index (χ0n) is 13.1. The molecule has 0 saturated heterocycles. The molecule has 1 aliphatic carbocycles. The Labute approximate surface area is 147 Å². The molecule has 0 saturated carbocycles. The van der Waals surface area contributed by atoms with Crippen LogP contribution < -0.4 is 0 Å². The zero-order valence-corrected chi connectivity index (χ0v) is 17.1. The Balaban J connectivity index is 2.22. The number of hydrogen-bond acceptors (Lipinski definition) is 0. The van der Waals surface area contributed by atoms with E-state index in [9.17, 15) is 0 Å². The summed E-state index contributed by atoms with van der Waals surface area (Å²) in [6.45, 7) is 6.52. The molecule has 1 aliphatic rings. The zero-order chi connectivity index (χ0) is 15.9. The Morgan fingerprint density at radius 2 is 1.82 bits per heavy atom. The fourth-order valence-corrected chi connectivity index (χ4v) is 8.93. The number of halogens is 2. The van der Waals surface area contributed by atoms with E-state index in [0.717, 1.165) is 6.42 Å². The predicted molar refractivity (Wildman–Crippen MR) is 94.1 cm³/mol. The van der Waals surface area contributed by atoms with E-state index < -0.39 is 19.4 Å². The van der Waals surface area contributed by atoms with Crippen molar-refractivity contribution in [2.24, 2.45) is 0 Å². The summed E-state index contributed by atoms with van der Waals surface area (Å²) in [4.78, 5) is 0. The molecule has 2 aromatic carbocycles. The fourth-order valence-electron chi connectivity index (χ4n) is 3.29. The minimum atomic E-state index is -2.38. The third kappa shape index (κ3) is 2.89. The molecule has 0 bridgehead atoms. The van der Waals surface area contributed by atoms with Crippen molar-refractivity contribution in [1.29, 1.82) is 0 Å². The van der Waals surface area contributed by atoms with Crippen LogP contribution in [0.5, 0.6) is 0 Å². The fraction of sp³-hybridized carbons (Fsp3) is 0.263. The van der Waals surface area contributed by atoms with E-state index >= 15 is 0 Å². The van der Waals surface area contributed by atoms with Crippen molar-refractivity contribution < 1.29 is 19.4 Å². The van der Waals surface area contributed by atoms with Crippen LogP contribution in [0.4, 0.5) is 0 Å². The molecule has 0 aromatic heterocycles. The van der Waals surface area contributed by atoms with Crippen molar-refractivity contribution in [2.45, 2.75) is 30.8 Å². The van der Waals surface area contributed by atoms with E-state index in [-0.39, 0.29) is 0 Å². The van der Waals surface area contributed by atoms with Crippen LogP contribution in [0, 0.1) is 13.8 Å². The molecule has 2 aromatic rings. The normalized spacial score (nSPS) is 16.4. The molecule has 0 heterocycles. The Hall–Kier alpha value is -0.357. The standard InChI is InChI=1S/C19H19.2ClH.Zr/c1-4-15-11-16-6-5-7-17(19(16)12-15)18-10-13(2)8-9-14(18)3;;;/h5-12H,4H2,1-3H3;2*1H;/q;;;+2/p-2. The van der Waals surface area contributed by atoms with Crippen molar-refractivity contribution in [1.82, 2.24) is 0 Å². The van der Waals surface area contributed by atoms with Gasteiger partial charge < -0.3 is 0 Å². The van der Waals surface area contributed by atoms with E-state index in [4.69, 9.17) is 17.0 Å². The first-order chi connectivity index (χ1) is 10.5. The average Bonchev–Trinajstić information content (AvgIpc) is 2.88. The van der Waals surface area contributed by atoms with Crippen LogP contribution in [0.15, 0.2) is 42.0 Å². The van der Waals surface area contributed by atoms with Crippen molar-refractivity contribution >= 4 is 23.1 Å². The van der Waals surface area contributed by atoms with Crippen LogP contribution in [-0.2, 0) is 19.4 Å². The number of benzene rings is 2. The molecule has 22 heavy (non-hydrogen) atoms. The second-order valence-corrected chi connectivity index (χ2v) is 14.7. The van der Waals surface area contributed by atoms with Crippen LogP contribution in [0.25, 0.3) is 17.2 Å². The number of hydrogen-bond donors (Lipinski definition) is 0. The number of fused-ring (bicyclic) bond motifs is 1. The van der Waals surface area contributed by atoms with Gasteiger partial charge in [-0.25, -0.2) is 0 Å². The number of rotatable bonds is 3. The maximum atomic E-state index is 6.46. The first-order valence-corrected chi connectivity index (χ1v) is 15.4. The quantitative estimate of drug-likeness (QED) is 0.526. The summed E-state index contributed by atoms with van der Waals surface area (Å²) in [5, 5.41) is 0. The first-order valence-electron chi connectivity index (χ1n) is 7.61. The van der Waals surface area contributed by atoms with Crippen LogP contribution in [0.2, 0.25) is 0 Å². The monoisotopic (exact) mass is 407 g/mol. The molecule has 0 radical (unpaired) electrons. The first kappa shape index (κ1) is 16.5. The summed E-state index contributed by atoms with van der Waals surface area (Å²) in [5.74, 6) is 0.